The first kappa shape index (κ1) is 9.20. The maximum Gasteiger partial charge on any atom is 0.123 e. The van der Waals surface area contributed by atoms with Crippen molar-refractivity contribution in [3.8, 4) is 0 Å². The Morgan fingerprint density at radius 2 is 1.58 bits per heavy atom. The number of halogens is 1. The number of rotatable bonds is 1. The lowest BCUT2D eigenvalue weighted by Gasteiger charge is -1.92. The third-order valence-electron chi connectivity index (χ3n) is 1.50. The van der Waals surface area contributed by atoms with Crippen LogP contribution in [0.15, 0.2) is 24.3 Å². The molecule has 0 radical (unpaired) electrons. The molecule has 0 aliphatic heterocycles. The molecule has 66 valence electrons. The molecular formula is C10H14FN. The van der Waals surface area contributed by atoms with E-state index in [2.05, 4.69) is 0 Å². The maximum absolute atomic E-state index is 12.2. The van der Waals surface area contributed by atoms with Gasteiger partial charge >= 0.3 is 0 Å². The Kier molecular flexibility index (Phi) is 3.74. The first-order valence-corrected chi connectivity index (χ1v) is 4.27. The SMILES string of the molecule is C1CC1.NCc1ccc(F)cc1. The summed E-state index contributed by atoms with van der Waals surface area (Å²) in [6.07, 6.45) is 4.50. The summed E-state index contributed by atoms with van der Waals surface area (Å²) in [7, 11) is 0. The fraction of sp³-hybridized carbons (Fsp3) is 0.400. The zero-order valence-electron chi connectivity index (χ0n) is 7.09. The quantitative estimate of drug-likeness (QED) is 0.683. The molecule has 2 rings (SSSR count). The number of hydrogen-bond acceptors (Lipinski definition) is 1. The highest BCUT2D eigenvalue weighted by molar-refractivity contribution is 5.15. The van der Waals surface area contributed by atoms with E-state index in [1.807, 2.05) is 0 Å². The van der Waals surface area contributed by atoms with Gasteiger partial charge in [0.15, 0.2) is 0 Å². The van der Waals surface area contributed by atoms with Crippen LogP contribution >= 0.6 is 0 Å². The van der Waals surface area contributed by atoms with Crippen molar-refractivity contribution in [2.75, 3.05) is 0 Å². The summed E-state index contributed by atoms with van der Waals surface area (Å²) in [5.74, 6) is -0.216. The maximum atomic E-state index is 12.2. The Morgan fingerprint density at radius 3 is 1.92 bits per heavy atom. The van der Waals surface area contributed by atoms with Gasteiger partial charge in [-0.3, -0.25) is 0 Å². The average molecular weight is 167 g/mol. The van der Waals surface area contributed by atoms with Gasteiger partial charge in [-0.2, -0.15) is 0 Å². The van der Waals surface area contributed by atoms with Crippen LogP contribution in [0.4, 0.5) is 4.39 Å². The summed E-state index contributed by atoms with van der Waals surface area (Å²) >= 11 is 0. The van der Waals surface area contributed by atoms with Crippen LogP contribution in [-0.4, -0.2) is 0 Å². The Bertz CT molecular complexity index is 213. The zero-order chi connectivity index (χ0) is 8.81. The van der Waals surface area contributed by atoms with E-state index in [4.69, 9.17) is 5.73 Å². The summed E-state index contributed by atoms with van der Waals surface area (Å²) in [6.45, 7) is 0.472. The van der Waals surface area contributed by atoms with Gasteiger partial charge in [-0.1, -0.05) is 31.4 Å². The van der Waals surface area contributed by atoms with Gasteiger partial charge in [-0.05, 0) is 17.7 Å². The van der Waals surface area contributed by atoms with Gasteiger partial charge in [0.2, 0.25) is 0 Å². The molecule has 0 unspecified atom stereocenters. The van der Waals surface area contributed by atoms with Crippen LogP contribution in [0.1, 0.15) is 24.8 Å². The minimum Gasteiger partial charge on any atom is -0.326 e. The van der Waals surface area contributed by atoms with Gasteiger partial charge < -0.3 is 5.73 Å². The van der Waals surface area contributed by atoms with E-state index in [9.17, 15) is 4.39 Å². The van der Waals surface area contributed by atoms with Gasteiger partial charge in [0.25, 0.3) is 0 Å². The van der Waals surface area contributed by atoms with Crippen molar-refractivity contribution in [2.24, 2.45) is 5.73 Å². The van der Waals surface area contributed by atoms with E-state index in [1.54, 1.807) is 12.1 Å². The van der Waals surface area contributed by atoms with E-state index < -0.39 is 0 Å². The smallest absolute Gasteiger partial charge is 0.123 e. The van der Waals surface area contributed by atoms with Crippen LogP contribution in [-0.2, 0) is 6.54 Å². The molecule has 2 heteroatoms. The molecule has 1 fully saturated rings. The lowest BCUT2D eigenvalue weighted by atomic mass is 10.2. The normalized spacial score (nSPS) is 13.2. The molecule has 1 aliphatic rings. The second-order valence-corrected chi connectivity index (χ2v) is 2.89. The molecule has 1 aromatic rings. The number of benzene rings is 1. The highest BCUT2D eigenvalue weighted by Crippen LogP contribution is 2.14. The molecule has 0 amide bonds. The van der Waals surface area contributed by atoms with Gasteiger partial charge in [0, 0.05) is 6.54 Å². The van der Waals surface area contributed by atoms with Crippen LogP contribution < -0.4 is 5.73 Å². The van der Waals surface area contributed by atoms with Crippen molar-refractivity contribution < 1.29 is 4.39 Å². The van der Waals surface area contributed by atoms with Gasteiger partial charge in [-0.25, -0.2) is 4.39 Å². The second-order valence-electron chi connectivity index (χ2n) is 2.89. The molecule has 0 bridgehead atoms. The Labute approximate surface area is 72.4 Å². The van der Waals surface area contributed by atoms with E-state index in [0.717, 1.165) is 5.56 Å². The van der Waals surface area contributed by atoms with Crippen LogP contribution in [0.5, 0.6) is 0 Å². The molecule has 2 N–H and O–H groups in total. The van der Waals surface area contributed by atoms with E-state index >= 15 is 0 Å². The Morgan fingerprint density at radius 1 is 1.08 bits per heavy atom. The topological polar surface area (TPSA) is 26.0 Å². The second kappa shape index (κ2) is 4.88. The predicted molar refractivity (Wildman–Crippen MR) is 48.1 cm³/mol. The van der Waals surface area contributed by atoms with E-state index in [1.165, 1.54) is 31.4 Å². The molecule has 0 saturated heterocycles. The molecule has 0 atom stereocenters. The molecule has 1 nitrogen and oxygen atoms in total. The van der Waals surface area contributed by atoms with Crippen molar-refractivity contribution in [1.82, 2.24) is 0 Å². The molecular weight excluding hydrogens is 153 g/mol. The Balaban J connectivity index is 0.000000200. The minimum atomic E-state index is -0.216. The molecule has 0 aromatic heterocycles. The molecule has 1 aromatic carbocycles. The predicted octanol–water partition coefficient (Wildman–Crippen LogP) is 2.45. The average Bonchev–Trinajstić information content (AvgIpc) is 2.92. The standard InChI is InChI=1S/C7H8FN.C3H6/c8-7-3-1-6(5-9)2-4-7;1-2-3-1/h1-4H,5,9H2;1-3H2. The van der Waals surface area contributed by atoms with Crippen molar-refractivity contribution in [3.05, 3.63) is 35.6 Å². The zero-order valence-corrected chi connectivity index (χ0v) is 7.09. The Hall–Kier alpha value is -0.890. The van der Waals surface area contributed by atoms with Crippen molar-refractivity contribution in [1.29, 1.82) is 0 Å². The third kappa shape index (κ3) is 4.09. The third-order valence-corrected chi connectivity index (χ3v) is 1.50. The van der Waals surface area contributed by atoms with Crippen molar-refractivity contribution in [2.45, 2.75) is 25.8 Å². The van der Waals surface area contributed by atoms with E-state index in [0.29, 0.717) is 6.54 Å². The van der Waals surface area contributed by atoms with Crippen LogP contribution in [0.2, 0.25) is 0 Å². The summed E-state index contributed by atoms with van der Waals surface area (Å²) < 4.78 is 12.2. The molecule has 12 heavy (non-hydrogen) atoms. The lowest BCUT2D eigenvalue weighted by molar-refractivity contribution is 0.627. The van der Waals surface area contributed by atoms with Crippen molar-refractivity contribution in [3.63, 3.8) is 0 Å². The summed E-state index contributed by atoms with van der Waals surface area (Å²) in [5, 5.41) is 0. The fourth-order valence-corrected chi connectivity index (χ4v) is 0.620. The summed E-state index contributed by atoms with van der Waals surface area (Å²) in [4.78, 5) is 0. The monoisotopic (exact) mass is 167 g/mol. The van der Waals surface area contributed by atoms with Gasteiger partial charge in [0.1, 0.15) is 5.82 Å². The summed E-state index contributed by atoms with van der Waals surface area (Å²) in [5.41, 5.74) is 6.23. The van der Waals surface area contributed by atoms with Crippen molar-refractivity contribution >= 4 is 0 Å². The van der Waals surface area contributed by atoms with Gasteiger partial charge in [-0.15, -0.1) is 0 Å². The molecule has 0 heterocycles. The lowest BCUT2D eigenvalue weighted by Crippen LogP contribution is -1.94. The van der Waals surface area contributed by atoms with Crippen LogP contribution in [0.25, 0.3) is 0 Å². The molecule has 1 saturated carbocycles. The van der Waals surface area contributed by atoms with Crippen LogP contribution in [0, 0.1) is 5.82 Å². The van der Waals surface area contributed by atoms with Gasteiger partial charge in [0.05, 0.1) is 0 Å². The minimum absolute atomic E-state index is 0.216. The first-order chi connectivity index (χ1) is 5.83. The number of hydrogen-bond donors (Lipinski definition) is 1. The highest BCUT2D eigenvalue weighted by atomic mass is 19.1. The highest BCUT2D eigenvalue weighted by Gasteiger charge is 1.95. The van der Waals surface area contributed by atoms with Crippen LogP contribution in [0.3, 0.4) is 0 Å². The fourth-order valence-electron chi connectivity index (χ4n) is 0.620. The largest absolute Gasteiger partial charge is 0.326 e. The van der Waals surface area contributed by atoms with E-state index in [-0.39, 0.29) is 5.82 Å². The number of nitrogens with two attached hydrogens (primary N) is 1. The molecule has 0 spiro atoms. The summed E-state index contributed by atoms with van der Waals surface area (Å²) in [6, 6.07) is 6.16. The first-order valence-electron chi connectivity index (χ1n) is 4.27. The molecule has 1 aliphatic carbocycles.